The second-order valence-corrected chi connectivity index (χ2v) is 5.17. The Kier molecular flexibility index (Phi) is 4.02. The molecule has 0 spiro atoms. The predicted octanol–water partition coefficient (Wildman–Crippen LogP) is 2.48. The Hall–Kier alpha value is -1.35. The number of benzene rings is 1. The topological polar surface area (TPSA) is 38.3 Å². The van der Waals surface area contributed by atoms with Gasteiger partial charge >= 0.3 is 5.97 Å². The van der Waals surface area contributed by atoms with E-state index in [0.717, 1.165) is 24.9 Å². The molecule has 1 saturated heterocycles. The van der Waals surface area contributed by atoms with E-state index in [4.69, 9.17) is 4.74 Å². The Balaban J connectivity index is 2.33. The number of ether oxygens (including phenoxy) is 1. The molecule has 1 fully saturated rings. The van der Waals surface area contributed by atoms with Crippen LogP contribution >= 0.6 is 0 Å². The van der Waals surface area contributed by atoms with E-state index in [1.54, 1.807) is 0 Å². The molecule has 1 aliphatic rings. The van der Waals surface area contributed by atoms with Gasteiger partial charge in [-0.1, -0.05) is 36.8 Å². The summed E-state index contributed by atoms with van der Waals surface area (Å²) < 4.78 is 5.01. The molecule has 2 rings (SSSR count). The largest absolute Gasteiger partial charge is 0.468 e. The van der Waals surface area contributed by atoms with Crippen LogP contribution in [0, 0.1) is 0 Å². The first kappa shape index (κ1) is 13.1. The van der Waals surface area contributed by atoms with E-state index < -0.39 is 0 Å². The van der Waals surface area contributed by atoms with Crippen LogP contribution < -0.4 is 5.32 Å². The number of carbonyl (C=O) groups is 1. The van der Waals surface area contributed by atoms with Gasteiger partial charge in [0.25, 0.3) is 0 Å². The van der Waals surface area contributed by atoms with Crippen molar-refractivity contribution in [1.29, 1.82) is 0 Å². The normalized spacial score (nSPS) is 25.4. The van der Waals surface area contributed by atoms with E-state index in [1.165, 1.54) is 13.5 Å². The predicted molar refractivity (Wildman–Crippen MR) is 71.5 cm³/mol. The molecule has 1 N–H and O–H groups in total. The van der Waals surface area contributed by atoms with E-state index in [0.29, 0.717) is 0 Å². The van der Waals surface area contributed by atoms with Crippen molar-refractivity contribution in [2.45, 2.75) is 37.6 Å². The van der Waals surface area contributed by atoms with Gasteiger partial charge in [0.15, 0.2) is 0 Å². The lowest BCUT2D eigenvalue weighted by Gasteiger charge is -2.40. The van der Waals surface area contributed by atoms with Gasteiger partial charge < -0.3 is 10.1 Å². The van der Waals surface area contributed by atoms with Crippen molar-refractivity contribution in [3.8, 4) is 0 Å². The highest BCUT2D eigenvalue weighted by molar-refractivity contribution is 5.80. The molecule has 0 aliphatic carbocycles. The highest BCUT2D eigenvalue weighted by Gasteiger charge is 2.41. The summed E-state index contributed by atoms with van der Waals surface area (Å²) in [6.07, 6.45) is 3.34. The van der Waals surface area contributed by atoms with Crippen LogP contribution in [0.15, 0.2) is 30.3 Å². The molecule has 3 nitrogen and oxygen atoms in total. The summed E-state index contributed by atoms with van der Waals surface area (Å²) >= 11 is 0. The highest BCUT2D eigenvalue weighted by atomic mass is 16.5. The van der Waals surface area contributed by atoms with E-state index >= 15 is 0 Å². The molecule has 1 aromatic rings. The molecule has 0 aromatic heterocycles. The van der Waals surface area contributed by atoms with E-state index in [2.05, 4.69) is 12.2 Å². The maximum Gasteiger partial charge on any atom is 0.315 e. The van der Waals surface area contributed by atoms with Crippen molar-refractivity contribution < 1.29 is 9.53 Å². The number of piperidine rings is 1. The Bertz CT molecular complexity index is 396. The fraction of sp³-hybridized carbons (Fsp3) is 0.533. The number of esters is 1. The minimum absolute atomic E-state index is 0.155. The van der Waals surface area contributed by atoms with Crippen LogP contribution in [0.1, 0.15) is 37.7 Å². The molecular formula is C15H21NO2. The minimum Gasteiger partial charge on any atom is -0.468 e. The molecule has 2 atom stereocenters. The van der Waals surface area contributed by atoms with Crippen molar-refractivity contribution in [3.05, 3.63) is 35.9 Å². The summed E-state index contributed by atoms with van der Waals surface area (Å²) in [5.41, 5.74) is 0.827. The quantitative estimate of drug-likeness (QED) is 0.834. The molecule has 1 unspecified atom stereocenters. The number of methoxy groups -OCH3 is 1. The molecule has 1 aromatic carbocycles. The Morgan fingerprint density at radius 2 is 2.06 bits per heavy atom. The molecule has 0 amide bonds. The lowest BCUT2D eigenvalue weighted by atomic mass is 9.75. The van der Waals surface area contributed by atoms with Crippen molar-refractivity contribution in [3.63, 3.8) is 0 Å². The van der Waals surface area contributed by atoms with Crippen LogP contribution in [-0.4, -0.2) is 25.2 Å². The molecule has 0 radical (unpaired) electrons. The second-order valence-electron chi connectivity index (χ2n) is 5.17. The van der Waals surface area contributed by atoms with Crippen molar-refractivity contribution in [2.75, 3.05) is 13.7 Å². The number of hydrogen-bond acceptors (Lipinski definition) is 3. The van der Waals surface area contributed by atoms with E-state index in [-0.39, 0.29) is 17.4 Å². The van der Waals surface area contributed by atoms with Crippen LogP contribution in [0.5, 0.6) is 0 Å². The van der Waals surface area contributed by atoms with Crippen LogP contribution in [0.3, 0.4) is 0 Å². The van der Waals surface area contributed by atoms with Gasteiger partial charge in [0, 0.05) is 5.54 Å². The van der Waals surface area contributed by atoms with Crippen molar-refractivity contribution in [1.82, 2.24) is 5.32 Å². The molecule has 3 heteroatoms. The number of hydrogen-bond donors (Lipinski definition) is 1. The third-order valence-corrected chi connectivity index (χ3v) is 3.86. The number of nitrogens with one attached hydrogen (secondary N) is 1. The fourth-order valence-electron chi connectivity index (χ4n) is 2.85. The smallest absolute Gasteiger partial charge is 0.315 e. The molecule has 1 aliphatic heterocycles. The molecule has 1 heterocycles. The zero-order valence-electron chi connectivity index (χ0n) is 11.1. The summed E-state index contributed by atoms with van der Waals surface area (Å²) in [7, 11) is 1.46. The summed E-state index contributed by atoms with van der Waals surface area (Å²) in [4.78, 5) is 12.2. The molecule has 98 valence electrons. The maximum absolute atomic E-state index is 12.2. The van der Waals surface area contributed by atoms with Gasteiger partial charge in [-0.3, -0.25) is 4.79 Å². The second kappa shape index (κ2) is 5.53. The lowest BCUT2D eigenvalue weighted by Crippen LogP contribution is -2.53. The zero-order valence-corrected chi connectivity index (χ0v) is 11.1. The van der Waals surface area contributed by atoms with E-state index in [9.17, 15) is 4.79 Å². The van der Waals surface area contributed by atoms with Crippen LogP contribution in [0.4, 0.5) is 0 Å². The van der Waals surface area contributed by atoms with Gasteiger partial charge in [-0.05, 0) is 31.9 Å². The number of carbonyl (C=O) groups excluding carboxylic acids is 1. The van der Waals surface area contributed by atoms with Crippen molar-refractivity contribution >= 4 is 5.97 Å². The average Bonchev–Trinajstić information content (AvgIpc) is 2.40. The monoisotopic (exact) mass is 247 g/mol. The van der Waals surface area contributed by atoms with Gasteiger partial charge in [0.2, 0.25) is 0 Å². The molecule has 0 bridgehead atoms. The maximum atomic E-state index is 12.2. The highest BCUT2D eigenvalue weighted by Crippen LogP contribution is 2.35. The van der Waals surface area contributed by atoms with Crippen LogP contribution in [0.25, 0.3) is 0 Å². The SMILES string of the molecule is COC(=O)[C@@H](c1ccccc1)C1(C)CCCCN1. The van der Waals surface area contributed by atoms with Gasteiger partial charge in [0.1, 0.15) is 0 Å². The first-order valence-corrected chi connectivity index (χ1v) is 6.55. The summed E-state index contributed by atoms with van der Waals surface area (Å²) in [6, 6.07) is 9.91. The average molecular weight is 247 g/mol. The van der Waals surface area contributed by atoms with Gasteiger partial charge in [-0.2, -0.15) is 0 Å². The van der Waals surface area contributed by atoms with E-state index in [1.807, 2.05) is 30.3 Å². The Labute approximate surface area is 109 Å². The third kappa shape index (κ3) is 2.56. The fourth-order valence-corrected chi connectivity index (χ4v) is 2.85. The third-order valence-electron chi connectivity index (χ3n) is 3.86. The number of rotatable bonds is 3. The first-order valence-electron chi connectivity index (χ1n) is 6.55. The minimum atomic E-state index is -0.232. The molecular weight excluding hydrogens is 226 g/mol. The standard InChI is InChI=1S/C15H21NO2/c1-15(10-6-7-11-16-15)13(14(17)18-2)12-8-4-3-5-9-12/h3-5,8-9,13,16H,6-7,10-11H2,1-2H3/t13-,15?/m1/s1. The zero-order chi connectivity index (χ0) is 13.0. The van der Waals surface area contributed by atoms with Gasteiger partial charge in [-0.25, -0.2) is 0 Å². The van der Waals surface area contributed by atoms with Gasteiger partial charge in [-0.15, -0.1) is 0 Å². The molecule has 0 saturated carbocycles. The molecule has 18 heavy (non-hydrogen) atoms. The first-order chi connectivity index (χ1) is 8.67. The summed E-state index contributed by atoms with van der Waals surface area (Å²) in [5, 5.41) is 3.51. The van der Waals surface area contributed by atoms with Crippen LogP contribution in [0.2, 0.25) is 0 Å². The van der Waals surface area contributed by atoms with Crippen molar-refractivity contribution in [2.24, 2.45) is 0 Å². The Morgan fingerprint density at radius 3 is 2.61 bits per heavy atom. The summed E-state index contributed by atoms with van der Waals surface area (Å²) in [5.74, 6) is -0.387. The van der Waals surface area contributed by atoms with Crippen LogP contribution in [-0.2, 0) is 9.53 Å². The summed E-state index contributed by atoms with van der Waals surface area (Å²) in [6.45, 7) is 3.09. The Morgan fingerprint density at radius 1 is 1.33 bits per heavy atom. The lowest BCUT2D eigenvalue weighted by molar-refractivity contribution is -0.144. The van der Waals surface area contributed by atoms with Gasteiger partial charge in [0.05, 0.1) is 13.0 Å².